The van der Waals surface area contributed by atoms with Crippen molar-refractivity contribution < 1.29 is 18.0 Å². The summed E-state index contributed by atoms with van der Waals surface area (Å²) in [6.07, 6.45) is 0.784. The molecule has 0 aliphatic carbocycles. The first-order valence-electron chi connectivity index (χ1n) is 10.7. The molecule has 10 heteroatoms. The van der Waals surface area contributed by atoms with Crippen molar-refractivity contribution in [3.63, 3.8) is 0 Å². The van der Waals surface area contributed by atoms with E-state index < -0.39 is 11.7 Å². The first-order valence-corrected chi connectivity index (χ1v) is 11.7. The van der Waals surface area contributed by atoms with Gasteiger partial charge in [0.2, 0.25) is 5.91 Å². The van der Waals surface area contributed by atoms with Crippen LogP contribution in [-0.2, 0) is 17.5 Å². The Morgan fingerprint density at radius 1 is 0.968 bits per heavy atom. The summed E-state index contributed by atoms with van der Waals surface area (Å²) in [5, 5.41) is 8.75. The number of carbonyl (C=O) groups excluding carboxylic acids is 1. The Morgan fingerprint density at radius 3 is 2.35 bits per heavy atom. The summed E-state index contributed by atoms with van der Waals surface area (Å²) >= 11 is 1.15. The molecule has 3 heterocycles. The van der Waals surface area contributed by atoms with Gasteiger partial charge in [-0.3, -0.25) is 14.3 Å². The second kappa shape index (κ2) is 9.60. The smallest absolute Gasteiger partial charge is 0.342 e. The van der Waals surface area contributed by atoms with Crippen molar-refractivity contribution in [2.24, 2.45) is 0 Å². The molecule has 0 bridgehead atoms. The molecular formula is C21H26F3N5OS. The molecule has 0 radical (unpaired) electrons. The van der Waals surface area contributed by atoms with Gasteiger partial charge in [0.05, 0.1) is 23.5 Å². The van der Waals surface area contributed by atoms with E-state index in [4.69, 9.17) is 0 Å². The van der Waals surface area contributed by atoms with Gasteiger partial charge in [0.25, 0.3) is 0 Å². The van der Waals surface area contributed by atoms with E-state index in [0.717, 1.165) is 69.7 Å². The van der Waals surface area contributed by atoms with Crippen LogP contribution in [0.2, 0.25) is 0 Å². The van der Waals surface area contributed by atoms with Crippen molar-refractivity contribution in [2.45, 2.75) is 50.0 Å². The van der Waals surface area contributed by atoms with Crippen molar-refractivity contribution in [1.82, 2.24) is 24.6 Å². The number of rotatable bonds is 6. The number of likely N-dealkylation sites (tertiary alicyclic amines) is 2. The Hall–Kier alpha value is -2.07. The molecule has 2 aromatic rings. The molecule has 168 valence electrons. The molecule has 2 aliphatic heterocycles. The number of thioether (sulfide) groups is 1. The third-order valence-corrected chi connectivity index (χ3v) is 6.66. The lowest BCUT2D eigenvalue weighted by Gasteiger charge is -2.26. The second-order valence-corrected chi connectivity index (χ2v) is 8.90. The standard InChI is InChI=1S/C21H26F3N5OS/c22-21(23,24)16-8-2-3-9-17(16)29-18(14-27-10-4-1-5-11-27)25-26-20(29)31-15-19(30)28-12-6-7-13-28/h2-3,8-9H,1,4-7,10-15H2. The number of hydrogen-bond donors (Lipinski definition) is 0. The number of hydrogen-bond acceptors (Lipinski definition) is 5. The third-order valence-electron chi connectivity index (χ3n) is 5.75. The molecule has 6 nitrogen and oxygen atoms in total. The normalized spacial score (nSPS) is 18.0. The Labute approximate surface area is 183 Å². The number of nitrogens with zero attached hydrogens (tertiary/aromatic N) is 5. The number of benzene rings is 1. The lowest BCUT2D eigenvalue weighted by molar-refractivity contribution is -0.137. The van der Waals surface area contributed by atoms with Crippen LogP contribution in [0.3, 0.4) is 0 Å². The maximum absolute atomic E-state index is 13.7. The number of carbonyl (C=O) groups is 1. The zero-order valence-electron chi connectivity index (χ0n) is 17.3. The topological polar surface area (TPSA) is 54.3 Å². The van der Waals surface area contributed by atoms with Crippen molar-refractivity contribution in [3.05, 3.63) is 35.7 Å². The Balaban J connectivity index is 1.64. The summed E-state index contributed by atoms with van der Waals surface area (Å²) in [5.74, 6) is 0.587. The minimum Gasteiger partial charge on any atom is -0.342 e. The Bertz CT molecular complexity index is 905. The van der Waals surface area contributed by atoms with E-state index in [0.29, 0.717) is 17.5 Å². The molecule has 4 rings (SSSR count). The van der Waals surface area contributed by atoms with Crippen LogP contribution in [0.15, 0.2) is 29.4 Å². The van der Waals surface area contributed by atoms with Gasteiger partial charge in [-0.1, -0.05) is 30.3 Å². The quantitative estimate of drug-likeness (QED) is 0.620. The number of piperidine rings is 1. The molecule has 0 N–H and O–H groups in total. The van der Waals surface area contributed by atoms with Gasteiger partial charge in [0.15, 0.2) is 11.0 Å². The van der Waals surface area contributed by atoms with Gasteiger partial charge in [-0.2, -0.15) is 13.2 Å². The van der Waals surface area contributed by atoms with E-state index >= 15 is 0 Å². The third kappa shape index (κ3) is 5.23. The zero-order valence-corrected chi connectivity index (χ0v) is 18.1. The molecule has 1 amide bonds. The highest BCUT2D eigenvalue weighted by atomic mass is 32.2. The van der Waals surface area contributed by atoms with Crippen LogP contribution in [-0.4, -0.2) is 62.4 Å². The molecule has 2 saturated heterocycles. The molecule has 2 aliphatic rings. The van der Waals surface area contributed by atoms with Gasteiger partial charge >= 0.3 is 6.18 Å². The van der Waals surface area contributed by atoms with Crippen LogP contribution in [0, 0.1) is 0 Å². The molecule has 1 aromatic heterocycles. The van der Waals surface area contributed by atoms with Crippen LogP contribution in [0.4, 0.5) is 13.2 Å². The van der Waals surface area contributed by atoms with E-state index in [1.54, 1.807) is 11.0 Å². The lowest BCUT2D eigenvalue weighted by atomic mass is 10.1. The summed E-state index contributed by atoms with van der Waals surface area (Å²) in [4.78, 5) is 16.5. The largest absolute Gasteiger partial charge is 0.418 e. The van der Waals surface area contributed by atoms with E-state index in [1.807, 2.05) is 0 Å². The Morgan fingerprint density at radius 2 is 1.65 bits per heavy atom. The summed E-state index contributed by atoms with van der Waals surface area (Å²) in [5.41, 5.74) is -0.731. The van der Waals surface area contributed by atoms with Crippen LogP contribution < -0.4 is 0 Å². The number of halogens is 3. The SMILES string of the molecule is O=C(CSc1nnc(CN2CCCCC2)n1-c1ccccc1C(F)(F)F)N1CCCC1. The van der Waals surface area contributed by atoms with E-state index in [9.17, 15) is 18.0 Å². The summed E-state index contributed by atoms with van der Waals surface area (Å²) in [7, 11) is 0. The van der Waals surface area contributed by atoms with Gasteiger partial charge in [-0.25, -0.2) is 0 Å². The lowest BCUT2D eigenvalue weighted by Crippen LogP contribution is -2.30. The summed E-state index contributed by atoms with van der Waals surface area (Å²) < 4.78 is 42.7. The number of amides is 1. The molecule has 1 aromatic carbocycles. The molecule has 0 atom stereocenters. The highest BCUT2D eigenvalue weighted by Crippen LogP contribution is 2.36. The van der Waals surface area contributed by atoms with Gasteiger partial charge in [0.1, 0.15) is 0 Å². The zero-order chi connectivity index (χ0) is 21.8. The van der Waals surface area contributed by atoms with Gasteiger partial charge in [-0.05, 0) is 50.9 Å². The summed E-state index contributed by atoms with van der Waals surface area (Å²) in [6, 6.07) is 5.48. The minimum absolute atomic E-state index is 0.00290. The van der Waals surface area contributed by atoms with Crippen molar-refractivity contribution in [3.8, 4) is 5.69 Å². The molecule has 0 unspecified atom stereocenters. The highest BCUT2D eigenvalue weighted by Gasteiger charge is 2.35. The van der Waals surface area contributed by atoms with Crippen LogP contribution in [0.1, 0.15) is 43.5 Å². The van der Waals surface area contributed by atoms with Gasteiger partial charge in [-0.15, -0.1) is 10.2 Å². The van der Waals surface area contributed by atoms with E-state index in [1.165, 1.54) is 23.1 Å². The number of para-hydroxylation sites is 1. The first kappa shape index (κ1) is 22.1. The summed E-state index contributed by atoms with van der Waals surface area (Å²) in [6.45, 7) is 3.69. The maximum atomic E-state index is 13.7. The van der Waals surface area contributed by atoms with Crippen molar-refractivity contribution >= 4 is 17.7 Å². The van der Waals surface area contributed by atoms with Crippen LogP contribution in [0.5, 0.6) is 0 Å². The molecule has 0 saturated carbocycles. The molecular weight excluding hydrogens is 427 g/mol. The average Bonchev–Trinajstić information content (AvgIpc) is 3.43. The molecule has 2 fully saturated rings. The fourth-order valence-corrected chi connectivity index (χ4v) is 5.01. The predicted molar refractivity (Wildman–Crippen MR) is 112 cm³/mol. The van der Waals surface area contributed by atoms with Crippen LogP contribution in [0.25, 0.3) is 5.69 Å². The predicted octanol–water partition coefficient (Wildman–Crippen LogP) is 3.99. The first-order chi connectivity index (χ1) is 14.9. The number of alkyl halides is 3. The maximum Gasteiger partial charge on any atom is 0.418 e. The minimum atomic E-state index is -4.50. The van der Waals surface area contributed by atoms with Crippen molar-refractivity contribution in [1.29, 1.82) is 0 Å². The van der Waals surface area contributed by atoms with Crippen LogP contribution >= 0.6 is 11.8 Å². The van der Waals surface area contributed by atoms with Gasteiger partial charge in [0, 0.05) is 13.1 Å². The second-order valence-electron chi connectivity index (χ2n) is 7.96. The Kier molecular flexibility index (Phi) is 6.86. The fraction of sp³-hybridized carbons (Fsp3) is 0.571. The number of aromatic nitrogens is 3. The van der Waals surface area contributed by atoms with E-state index in [-0.39, 0.29) is 17.3 Å². The van der Waals surface area contributed by atoms with Crippen molar-refractivity contribution in [2.75, 3.05) is 31.9 Å². The monoisotopic (exact) mass is 453 g/mol. The fourth-order valence-electron chi connectivity index (χ4n) is 4.15. The van der Waals surface area contributed by atoms with E-state index in [2.05, 4.69) is 15.1 Å². The molecule has 0 spiro atoms. The molecule has 31 heavy (non-hydrogen) atoms. The van der Waals surface area contributed by atoms with Gasteiger partial charge < -0.3 is 4.90 Å². The average molecular weight is 454 g/mol. The highest BCUT2D eigenvalue weighted by molar-refractivity contribution is 7.99.